The minimum atomic E-state index is -1.42. The molecule has 4 heteroatoms. The number of unbranched alkanes of at least 4 members (excludes halogenated alkanes) is 1. The van der Waals surface area contributed by atoms with Gasteiger partial charge in [0.25, 0.3) is 5.29 Å². The molecule has 0 rings (SSSR count). The molecule has 1 nitrogen and oxygen atoms in total. The van der Waals surface area contributed by atoms with Gasteiger partial charge in [-0.25, -0.2) is 0 Å². The zero-order chi connectivity index (χ0) is 7.98. The van der Waals surface area contributed by atoms with Crippen LogP contribution in [0.3, 0.4) is 0 Å². The first-order valence-corrected chi connectivity index (χ1v) is 3.39. The second-order valence-corrected chi connectivity index (χ2v) is 2.07. The van der Waals surface area contributed by atoms with Gasteiger partial charge in [-0.05, 0) is 18.0 Å². The van der Waals surface area contributed by atoms with Crippen LogP contribution in [0, 0.1) is 0 Å². The summed E-state index contributed by atoms with van der Waals surface area (Å²) in [6.07, 6.45) is 1.56. The van der Waals surface area contributed by atoms with Crippen molar-refractivity contribution in [3.05, 3.63) is 11.3 Å². The number of rotatable bonds is 4. The van der Waals surface area contributed by atoms with Gasteiger partial charge in [0.15, 0.2) is 0 Å². The Kier molecular flexibility index (Phi) is 5.30. The monoisotopic (exact) mass is 170 g/mol. The molecule has 0 radical (unpaired) electrons. The molecule has 0 saturated heterocycles. The van der Waals surface area contributed by atoms with Gasteiger partial charge in [0.05, 0.1) is 6.61 Å². The third-order valence-electron chi connectivity index (χ3n) is 0.875. The van der Waals surface area contributed by atoms with Crippen molar-refractivity contribution in [3.8, 4) is 0 Å². The third kappa shape index (κ3) is 4.56. The highest BCUT2D eigenvalue weighted by Gasteiger charge is 2.01. The van der Waals surface area contributed by atoms with Gasteiger partial charge in [0.1, 0.15) is 0 Å². The first-order chi connectivity index (χ1) is 4.68. The Bertz CT molecular complexity index is 121. The number of hydrogen-bond donors (Lipinski definition) is 0. The van der Waals surface area contributed by atoms with E-state index in [9.17, 15) is 8.78 Å². The molecule has 10 heavy (non-hydrogen) atoms. The van der Waals surface area contributed by atoms with E-state index < -0.39 is 11.3 Å². The Labute approximate surface area is 63.6 Å². The van der Waals surface area contributed by atoms with Gasteiger partial charge in [-0.15, -0.1) is 0 Å². The average Bonchev–Trinajstić information content (AvgIpc) is 1.88. The lowest BCUT2D eigenvalue weighted by Gasteiger charge is -1.99. The van der Waals surface area contributed by atoms with Crippen LogP contribution in [-0.4, -0.2) is 6.61 Å². The lowest BCUT2D eigenvalue weighted by molar-refractivity contribution is 0.134. The summed E-state index contributed by atoms with van der Waals surface area (Å²) in [5, 5.41) is -1.42. The molecule has 0 aliphatic rings. The van der Waals surface area contributed by atoms with Crippen molar-refractivity contribution in [2.75, 3.05) is 6.61 Å². The molecule has 0 heterocycles. The fourth-order valence-corrected chi connectivity index (χ4v) is 0.415. The van der Waals surface area contributed by atoms with Gasteiger partial charge >= 0.3 is 6.01 Å². The first kappa shape index (κ1) is 9.69. The van der Waals surface area contributed by atoms with Gasteiger partial charge in [0.2, 0.25) is 0 Å². The van der Waals surface area contributed by atoms with Crippen molar-refractivity contribution in [1.29, 1.82) is 0 Å². The van der Waals surface area contributed by atoms with Crippen molar-refractivity contribution in [1.82, 2.24) is 0 Å². The van der Waals surface area contributed by atoms with Crippen LogP contribution >= 0.6 is 11.6 Å². The van der Waals surface area contributed by atoms with Crippen molar-refractivity contribution in [2.45, 2.75) is 19.8 Å². The summed E-state index contributed by atoms with van der Waals surface area (Å²) in [5.74, 6) is 0. The van der Waals surface area contributed by atoms with E-state index >= 15 is 0 Å². The van der Waals surface area contributed by atoms with Gasteiger partial charge < -0.3 is 4.74 Å². The standard InChI is InChI=1S/C6H9ClF2O/c1-2-3-4-10-6(9)5(7)8/h2-4H2,1H3/b6-5+. The molecule has 0 amide bonds. The Morgan fingerprint density at radius 1 is 1.50 bits per heavy atom. The smallest absolute Gasteiger partial charge is 0.321 e. The zero-order valence-corrected chi connectivity index (χ0v) is 6.42. The highest BCUT2D eigenvalue weighted by Crippen LogP contribution is 2.13. The minimum absolute atomic E-state index is 0.169. The van der Waals surface area contributed by atoms with Crippen LogP contribution < -0.4 is 0 Å². The van der Waals surface area contributed by atoms with E-state index in [2.05, 4.69) is 16.3 Å². The van der Waals surface area contributed by atoms with E-state index in [4.69, 9.17) is 0 Å². The molecule has 0 N–H and O–H groups in total. The van der Waals surface area contributed by atoms with Gasteiger partial charge in [-0.3, -0.25) is 0 Å². The van der Waals surface area contributed by atoms with Crippen LogP contribution in [-0.2, 0) is 4.74 Å². The molecule has 0 saturated carbocycles. The second kappa shape index (κ2) is 5.47. The largest absolute Gasteiger partial charge is 0.468 e. The SMILES string of the molecule is CCCCO/C(F)=C(/F)Cl. The maximum Gasteiger partial charge on any atom is 0.321 e. The van der Waals surface area contributed by atoms with Crippen LogP contribution in [0.15, 0.2) is 11.3 Å². The quantitative estimate of drug-likeness (QED) is 0.465. The lowest BCUT2D eigenvalue weighted by Crippen LogP contribution is -1.90. The molecule has 0 aromatic rings. The van der Waals surface area contributed by atoms with E-state index in [0.717, 1.165) is 6.42 Å². The summed E-state index contributed by atoms with van der Waals surface area (Å²) in [4.78, 5) is 0. The van der Waals surface area contributed by atoms with Gasteiger partial charge in [-0.2, -0.15) is 8.78 Å². The van der Waals surface area contributed by atoms with Crippen LogP contribution in [0.4, 0.5) is 8.78 Å². The Balaban J connectivity index is 3.40. The molecule has 0 bridgehead atoms. The summed E-state index contributed by atoms with van der Waals surface area (Å²) in [7, 11) is 0. The third-order valence-corrected chi connectivity index (χ3v) is 1.02. The Morgan fingerprint density at radius 3 is 2.50 bits per heavy atom. The summed E-state index contributed by atoms with van der Waals surface area (Å²) in [6.45, 7) is 2.09. The number of halogens is 3. The van der Waals surface area contributed by atoms with Crippen LogP contribution in [0.25, 0.3) is 0 Å². The maximum atomic E-state index is 12.0. The fraction of sp³-hybridized carbons (Fsp3) is 0.667. The first-order valence-electron chi connectivity index (χ1n) is 3.02. The molecule has 0 aromatic carbocycles. The highest BCUT2D eigenvalue weighted by atomic mass is 35.5. The zero-order valence-electron chi connectivity index (χ0n) is 5.66. The Morgan fingerprint density at radius 2 is 2.10 bits per heavy atom. The predicted molar refractivity (Wildman–Crippen MR) is 36.0 cm³/mol. The van der Waals surface area contributed by atoms with E-state index in [1.165, 1.54) is 0 Å². The summed E-state index contributed by atoms with van der Waals surface area (Å²) in [5.41, 5.74) is 0. The summed E-state index contributed by atoms with van der Waals surface area (Å²) in [6, 6.07) is -1.32. The highest BCUT2D eigenvalue weighted by molar-refractivity contribution is 6.28. The molecular formula is C6H9ClF2O. The van der Waals surface area contributed by atoms with Gasteiger partial charge in [0, 0.05) is 0 Å². The van der Waals surface area contributed by atoms with Crippen molar-refractivity contribution in [3.63, 3.8) is 0 Å². The summed E-state index contributed by atoms with van der Waals surface area (Å²) < 4.78 is 27.9. The van der Waals surface area contributed by atoms with E-state index in [0.29, 0.717) is 6.42 Å². The van der Waals surface area contributed by atoms with Crippen molar-refractivity contribution in [2.24, 2.45) is 0 Å². The molecule has 0 atom stereocenters. The molecule has 0 aliphatic heterocycles. The molecule has 0 aromatic heterocycles. The molecule has 0 aliphatic carbocycles. The molecule has 0 unspecified atom stereocenters. The number of hydrogen-bond acceptors (Lipinski definition) is 1. The predicted octanol–water partition coefficient (Wildman–Crippen LogP) is 3.11. The van der Waals surface area contributed by atoms with E-state index in [1.807, 2.05) is 6.92 Å². The van der Waals surface area contributed by atoms with Crippen molar-refractivity contribution >= 4 is 11.6 Å². The topological polar surface area (TPSA) is 9.23 Å². The second-order valence-electron chi connectivity index (χ2n) is 1.74. The fourth-order valence-electron chi connectivity index (χ4n) is 0.361. The minimum Gasteiger partial charge on any atom is -0.468 e. The average molecular weight is 171 g/mol. The maximum absolute atomic E-state index is 12.0. The van der Waals surface area contributed by atoms with Crippen LogP contribution in [0.1, 0.15) is 19.8 Å². The van der Waals surface area contributed by atoms with Crippen molar-refractivity contribution < 1.29 is 13.5 Å². The normalized spacial score (nSPS) is 12.8. The lowest BCUT2D eigenvalue weighted by atomic mass is 10.4. The molecule has 0 spiro atoms. The van der Waals surface area contributed by atoms with Crippen LogP contribution in [0.2, 0.25) is 0 Å². The van der Waals surface area contributed by atoms with E-state index in [-0.39, 0.29) is 6.61 Å². The van der Waals surface area contributed by atoms with Gasteiger partial charge in [-0.1, -0.05) is 13.3 Å². The molecule has 60 valence electrons. The number of ether oxygens (including phenoxy) is 1. The molecule has 0 fully saturated rings. The Hall–Kier alpha value is -0.310. The molecular weight excluding hydrogens is 162 g/mol. The van der Waals surface area contributed by atoms with Crippen LogP contribution in [0.5, 0.6) is 0 Å². The summed E-state index contributed by atoms with van der Waals surface area (Å²) >= 11 is 4.62. The van der Waals surface area contributed by atoms with E-state index in [1.54, 1.807) is 0 Å².